The van der Waals surface area contributed by atoms with Crippen LogP contribution < -0.4 is 5.32 Å². The molecule has 23 heavy (non-hydrogen) atoms. The summed E-state index contributed by atoms with van der Waals surface area (Å²) in [7, 11) is 0. The Bertz CT molecular complexity index is 950. The number of imidazole rings is 1. The number of benzene rings is 1. The molecule has 0 bridgehead atoms. The fraction of sp³-hybridized carbons (Fsp3) is 0.111. The summed E-state index contributed by atoms with van der Waals surface area (Å²) in [6.45, 7) is 4.17. The first kappa shape index (κ1) is 13.6. The summed E-state index contributed by atoms with van der Waals surface area (Å²) >= 11 is 0. The van der Waals surface area contributed by atoms with E-state index in [-0.39, 0.29) is 0 Å². The fourth-order valence-corrected chi connectivity index (χ4v) is 2.72. The lowest BCUT2D eigenvalue weighted by Gasteiger charge is -2.13. The van der Waals surface area contributed by atoms with Crippen molar-refractivity contribution in [2.45, 2.75) is 13.8 Å². The van der Waals surface area contributed by atoms with E-state index in [4.69, 9.17) is 4.42 Å². The van der Waals surface area contributed by atoms with Gasteiger partial charge in [-0.2, -0.15) is 0 Å². The Hall–Kier alpha value is -3.08. The van der Waals surface area contributed by atoms with Crippen molar-refractivity contribution in [2.75, 3.05) is 5.32 Å². The number of fused-ring (bicyclic) bond motifs is 1. The molecule has 0 fully saturated rings. The molecule has 0 amide bonds. The number of para-hydroxylation sites is 1. The van der Waals surface area contributed by atoms with E-state index in [0.29, 0.717) is 11.5 Å². The van der Waals surface area contributed by atoms with E-state index in [0.717, 1.165) is 17.2 Å². The number of nitrogens with zero attached hydrogens (tertiary/aromatic N) is 3. The van der Waals surface area contributed by atoms with E-state index in [1.165, 1.54) is 11.1 Å². The number of aromatic nitrogens is 3. The van der Waals surface area contributed by atoms with Crippen LogP contribution in [0.15, 0.2) is 59.5 Å². The molecule has 114 valence electrons. The van der Waals surface area contributed by atoms with E-state index < -0.39 is 0 Å². The molecule has 0 aliphatic carbocycles. The second-order valence-electron chi connectivity index (χ2n) is 5.47. The van der Waals surface area contributed by atoms with Crippen LogP contribution in [-0.2, 0) is 0 Å². The molecule has 0 spiro atoms. The summed E-state index contributed by atoms with van der Waals surface area (Å²) in [4.78, 5) is 8.94. The van der Waals surface area contributed by atoms with Crippen molar-refractivity contribution in [3.63, 3.8) is 0 Å². The molecule has 5 nitrogen and oxygen atoms in total. The third kappa shape index (κ3) is 2.26. The summed E-state index contributed by atoms with van der Waals surface area (Å²) in [5.41, 5.74) is 4.17. The van der Waals surface area contributed by atoms with Gasteiger partial charge in [-0.3, -0.25) is 4.40 Å². The summed E-state index contributed by atoms with van der Waals surface area (Å²) in [6, 6.07) is 11.9. The number of aryl methyl sites for hydroxylation is 2. The van der Waals surface area contributed by atoms with Gasteiger partial charge in [-0.05, 0) is 43.2 Å². The van der Waals surface area contributed by atoms with Crippen molar-refractivity contribution >= 4 is 17.3 Å². The fourth-order valence-electron chi connectivity index (χ4n) is 2.72. The van der Waals surface area contributed by atoms with E-state index >= 15 is 0 Å². The van der Waals surface area contributed by atoms with Crippen LogP contribution in [0.1, 0.15) is 11.1 Å². The average molecular weight is 304 g/mol. The van der Waals surface area contributed by atoms with Crippen LogP contribution in [0.25, 0.3) is 17.2 Å². The molecule has 0 saturated carbocycles. The highest BCUT2D eigenvalue weighted by Crippen LogP contribution is 2.32. The Morgan fingerprint density at radius 2 is 1.87 bits per heavy atom. The molecule has 1 aromatic carbocycles. The van der Waals surface area contributed by atoms with Crippen LogP contribution in [-0.4, -0.2) is 14.4 Å². The highest BCUT2D eigenvalue weighted by Gasteiger charge is 2.18. The van der Waals surface area contributed by atoms with Crippen LogP contribution in [0.5, 0.6) is 0 Å². The zero-order valence-corrected chi connectivity index (χ0v) is 12.9. The first-order chi connectivity index (χ1) is 11.2. The Balaban J connectivity index is 1.93. The zero-order valence-electron chi connectivity index (χ0n) is 12.9. The zero-order chi connectivity index (χ0) is 15.8. The predicted octanol–water partition coefficient (Wildman–Crippen LogP) is 4.35. The first-order valence-electron chi connectivity index (χ1n) is 7.44. The molecule has 0 aliphatic rings. The van der Waals surface area contributed by atoms with Gasteiger partial charge in [0.25, 0.3) is 0 Å². The van der Waals surface area contributed by atoms with Gasteiger partial charge in [0.05, 0.1) is 6.26 Å². The third-order valence-electron chi connectivity index (χ3n) is 3.88. The molecular formula is C18H16N4O. The van der Waals surface area contributed by atoms with E-state index in [1.54, 1.807) is 12.5 Å². The first-order valence-corrected chi connectivity index (χ1v) is 7.44. The largest absolute Gasteiger partial charge is 0.463 e. The van der Waals surface area contributed by atoms with Crippen molar-refractivity contribution in [1.82, 2.24) is 14.4 Å². The Kier molecular flexibility index (Phi) is 3.12. The van der Waals surface area contributed by atoms with Gasteiger partial charge in [0.15, 0.2) is 11.5 Å². The maximum Gasteiger partial charge on any atom is 0.236 e. The van der Waals surface area contributed by atoms with E-state index in [1.807, 2.05) is 28.8 Å². The summed E-state index contributed by atoms with van der Waals surface area (Å²) < 4.78 is 7.48. The molecule has 3 aromatic heterocycles. The second kappa shape index (κ2) is 5.28. The molecule has 0 radical (unpaired) electrons. The number of rotatable bonds is 3. The van der Waals surface area contributed by atoms with Crippen LogP contribution in [0, 0.1) is 13.8 Å². The summed E-state index contributed by atoms with van der Waals surface area (Å²) in [5, 5.41) is 3.52. The second-order valence-corrected chi connectivity index (χ2v) is 5.47. The van der Waals surface area contributed by atoms with Crippen molar-refractivity contribution < 1.29 is 4.42 Å². The monoisotopic (exact) mass is 304 g/mol. The lowest BCUT2D eigenvalue weighted by Crippen LogP contribution is -2.00. The highest BCUT2D eigenvalue weighted by molar-refractivity contribution is 5.78. The van der Waals surface area contributed by atoms with Gasteiger partial charge in [0, 0.05) is 18.1 Å². The minimum atomic E-state index is 0.632. The van der Waals surface area contributed by atoms with Gasteiger partial charge in [0.2, 0.25) is 5.78 Å². The molecule has 0 saturated heterocycles. The van der Waals surface area contributed by atoms with Crippen molar-refractivity contribution in [3.05, 3.63) is 66.2 Å². The van der Waals surface area contributed by atoms with E-state index in [2.05, 4.69) is 47.3 Å². The molecule has 4 aromatic rings. The standard InChI is InChI=1S/C18H16N4O/c1-12-6-3-7-13(2)15(12)20-17-16(14-8-4-11-23-14)21-18-19-9-5-10-22(17)18/h3-11,20H,1-2H3. The van der Waals surface area contributed by atoms with Crippen LogP contribution in [0.4, 0.5) is 11.5 Å². The normalized spacial score (nSPS) is 11.0. The molecule has 4 rings (SSSR count). The summed E-state index contributed by atoms with van der Waals surface area (Å²) in [5.74, 6) is 2.19. The molecule has 5 heteroatoms. The highest BCUT2D eigenvalue weighted by atomic mass is 16.3. The maximum absolute atomic E-state index is 5.54. The Morgan fingerprint density at radius 1 is 1.04 bits per heavy atom. The van der Waals surface area contributed by atoms with Gasteiger partial charge in [-0.1, -0.05) is 18.2 Å². The number of nitrogens with one attached hydrogen (secondary N) is 1. The van der Waals surface area contributed by atoms with Gasteiger partial charge in [-0.25, -0.2) is 9.97 Å². The molecule has 0 atom stereocenters. The molecule has 1 N–H and O–H groups in total. The SMILES string of the molecule is Cc1cccc(C)c1Nc1c(-c2ccco2)nc2ncccn12. The Labute approximate surface area is 133 Å². The molecule has 0 aliphatic heterocycles. The minimum absolute atomic E-state index is 0.632. The number of furan rings is 1. The minimum Gasteiger partial charge on any atom is -0.463 e. The van der Waals surface area contributed by atoms with Crippen molar-refractivity contribution in [3.8, 4) is 11.5 Å². The van der Waals surface area contributed by atoms with Crippen molar-refractivity contribution in [1.29, 1.82) is 0 Å². The van der Waals surface area contributed by atoms with Crippen LogP contribution in [0.2, 0.25) is 0 Å². The lowest BCUT2D eigenvalue weighted by molar-refractivity contribution is 0.581. The van der Waals surface area contributed by atoms with Gasteiger partial charge in [0.1, 0.15) is 5.82 Å². The number of hydrogen-bond donors (Lipinski definition) is 1. The van der Waals surface area contributed by atoms with Gasteiger partial charge >= 0.3 is 0 Å². The maximum atomic E-state index is 5.54. The predicted molar refractivity (Wildman–Crippen MR) is 89.9 cm³/mol. The Morgan fingerprint density at radius 3 is 2.61 bits per heavy atom. The van der Waals surface area contributed by atoms with Gasteiger partial charge < -0.3 is 9.73 Å². The van der Waals surface area contributed by atoms with Crippen molar-refractivity contribution in [2.24, 2.45) is 0 Å². The smallest absolute Gasteiger partial charge is 0.236 e. The summed E-state index contributed by atoms with van der Waals surface area (Å²) in [6.07, 6.45) is 5.32. The van der Waals surface area contributed by atoms with Gasteiger partial charge in [-0.15, -0.1) is 0 Å². The quantitative estimate of drug-likeness (QED) is 0.611. The topological polar surface area (TPSA) is 55.4 Å². The number of hydrogen-bond acceptors (Lipinski definition) is 4. The molecule has 0 unspecified atom stereocenters. The molecule has 3 heterocycles. The number of anilines is 2. The van der Waals surface area contributed by atoms with Crippen LogP contribution in [0.3, 0.4) is 0 Å². The van der Waals surface area contributed by atoms with E-state index in [9.17, 15) is 0 Å². The molecular weight excluding hydrogens is 288 g/mol. The third-order valence-corrected chi connectivity index (χ3v) is 3.88. The van der Waals surface area contributed by atoms with Crippen LogP contribution >= 0.6 is 0 Å². The lowest BCUT2D eigenvalue weighted by atomic mass is 10.1. The average Bonchev–Trinajstić information content (AvgIpc) is 3.19.